The summed E-state index contributed by atoms with van der Waals surface area (Å²) >= 11 is 0. The summed E-state index contributed by atoms with van der Waals surface area (Å²) in [6.45, 7) is 10.7. The number of likely N-dealkylation sites (tertiary alicyclic amines) is 1. The summed E-state index contributed by atoms with van der Waals surface area (Å²) in [7, 11) is 0. The van der Waals surface area contributed by atoms with Gasteiger partial charge in [0.15, 0.2) is 0 Å². The summed E-state index contributed by atoms with van der Waals surface area (Å²) in [5.41, 5.74) is 0.463. The monoisotopic (exact) mass is 168 g/mol. The van der Waals surface area contributed by atoms with Crippen molar-refractivity contribution in [3.8, 4) is 0 Å². The minimum Gasteiger partial charge on any atom is -0.311 e. The zero-order valence-corrected chi connectivity index (χ0v) is 8.43. The molecule has 0 aliphatic carbocycles. The predicted molar refractivity (Wildman–Crippen MR) is 51.2 cm³/mol. The molecule has 2 aliphatic rings. The third-order valence-corrected chi connectivity index (χ3v) is 2.85. The van der Waals surface area contributed by atoms with E-state index in [-0.39, 0.29) is 0 Å². The van der Waals surface area contributed by atoms with E-state index in [0.717, 1.165) is 12.1 Å². The fourth-order valence-corrected chi connectivity index (χ4v) is 2.45. The Morgan fingerprint density at radius 1 is 1.42 bits per heavy atom. The standard InChI is InChI=1S/C10H20N2/c1-10(2,3)7-12-6-8-4-9(12)5-11-8/h8-9,11H,4-7H2,1-3H3. The second-order valence-electron chi connectivity index (χ2n) is 5.48. The Kier molecular flexibility index (Phi) is 1.92. The van der Waals surface area contributed by atoms with Crippen LogP contribution in [0.4, 0.5) is 0 Å². The molecule has 12 heavy (non-hydrogen) atoms. The van der Waals surface area contributed by atoms with Crippen molar-refractivity contribution in [1.29, 1.82) is 0 Å². The third-order valence-electron chi connectivity index (χ3n) is 2.85. The van der Waals surface area contributed by atoms with Crippen molar-refractivity contribution in [3.05, 3.63) is 0 Å². The van der Waals surface area contributed by atoms with Crippen molar-refractivity contribution in [2.75, 3.05) is 19.6 Å². The molecule has 2 nitrogen and oxygen atoms in total. The molecule has 0 radical (unpaired) electrons. The highest BCUT2D eigenvalue weighted by Gasteiger charge is 2.38. The van der Waals surface area contributed by atoms with Gasteiger partial charge < -0.3 is 5.32 Å². The lowest BCUT2D eigenvalue weighted by Gasteiger charge is -2.33. The first-order valence-corrected chi connectivity index (χ1v) is 5.02. The largest absolute Gasteiger partial charge is 0.311 e. The minimum atomic E-state index is 0.463. The molecule has 2 rings (SSSR count). The van der Waals surface area contributed by atoms with Gasteiger partial charge in [0.1, 0.15) is 0 Å². The van der Waals surface area contributed by atoms with Crippen molar-refractivity contribution in [1.82, 2.24) is 10.2 Å². The first kappa shape index (κ1) is 8.52. The molecule has 0 aromatic carbocycles. The van der Waals surface area contributed by atoms with E-state index < -0.39 is 0 Å². The molecule has 0 aromatic rings. The lowest BCUT2D eigenvalue weighted by atomic mass is 9.95. The quantitative estimate of drug-likeness (QED) is 0.630. The Morgan fingerprint density at radius 2 is 2.17 bits per heavy atom. The van der Waals surface area contributed by atoms with Crippen molar-refractivity contribution in [2.45, 2.75) is 39.3 Å². The van der Waals surface area contributed by atoms with E-state index in [1.54, 1.807) is 0 Å². The molecular formula is C10H20N2. The van der Waals surface area contributed by atoms with E-state index in [0.29, 0.717) is 5.41 Å². The van der Waals surface area contributed by atoms with Crippen LogP contribution in [0.15, 0.2) is 0 Å². The van der Waals surface area contributed by atoms with Crippen LogP contribution in [0, 0.1) is 5.41 Å². The molecule has 2 aliphatic heterocycles. The van der Waals surface area contributed by atoms with E-state index >= 15 is 0 Å². The van der Waals surface area contributed by atoms with E-state index in [1.165, 1.54) is 26.1 Å². The maximum absolute atomic E-state index is 3.53. The fraction of sp³-hybridized carbons (Fsp3) is 1.00. The van der Waals surface area contributed by atoms with Gasteiger partial charge in [0.2, 0.25) is 0 Å². The molecule has 70 valence electrons. The van der Waals surface area contributed by atoms with Crippen LogP contribution in [0.3, 0.4) is 0 Å². The molecular weight excluding hydrogens is 148 g/mol. The van der Waals surface area contributed by atoms with Crippen molar-refractivity contribution in [3.63, 3.8) is 0 Å². The van der Waals surface area contributed by atoms with Gasteiger partial charge >= 0.3 is 0 Å². The zero-order chi connectivity index (χ0) is 8.77. The summed E-state index contributed by atoms with van der Waals surface area (Å²) in [5.74, 6) is 0. The van der Waals surface area contributed by atoms with Gasteiger partial charge in [-0.1, -0.05) is 20.8 Å². The van der Waals surface area contributed by atoms with E-state index in [2.05, 4.69) is 31.0 Å². The number of nitrogens with one attached hydrogen (secondary N) is 1. The van der Waals surface area contributed by atoms with Gasteiger partial charge in [-0.25, -0.2) is 0 Å². The lowest BCUT2D eigenvalue weighted by molar-refractivity contribution is 0.160. The molecule has 2 fully saturated rings. The van der Waals surface area contributed by atoms with Crippen LogP contribution in [-0.4, -0.2) is 36.6 Å². The highest BCUT2D eigenvalue weighted by atomic mass is 15.3. The van der Waals surface area contributed by atoms with Gasteiger partial charge in [0.05, 0.1) is 0 Å². The number of hydrogen-bond donors (Lipinski definition) is 1. The second kappa shape index (κ2) is 2.71. The maximum Gasteiger partial charge on any atom is 0.0236 e. The van der Waals surface area contributed by atoms with Crippen LogP contribution in [0.1, 0.15) is 27.2 Å². The first-order valence-electron chi connectivity index (χ1n) is 5.02. The Balaban J connectivity index is 1.91. The van der Waals surface area contributed by atoms with Gasteiger partial charge in [-0.3, -0.25) is 4.90 Å². The van der Waals surface area contributed by atoms with Crippen molar-refractivity contribution in [2.24, 2.45) is 5.41 Å². The van der Waals surface area contributed by atoms with Gasteiger partial charge in [-0.05, 0) is 11.8 Å². The smallest absolute Gasteiger partial charge is 0.0236 e. The van der Waals surface area contributed by atoms with Crippen LogP contribution >= 0.6 is 0 Å². The van der Waals surface area contributed by atoms with Crippen molar-refractivity contribution >= 4 is 0 Å². The van der Waals surface area contributed by atoms with Gasteiger partial charge in [-0.2, -0.15) is 0 Å². The third kappa shape index (κ3) is 1.64. The molecule has 0 saturated carbocycles. The SMILES string of the molecule is CC(C)(C)CN1CC2CC1CN2. The molecule has 0 spiro atoms. The normalized spacial score (nSPS) is 36.2. The molecule has 2 unspecified atom stereocenters. The second-order valence-corrected chi connectivity index (χ2v) is 5.48. The molecule has 2 heteroatoms. The zero-order valence-electron chi connectivity index (χ0n) is 8.43. The minimum absolute atomic E-state index is 0.463. The molecule has 0 amide bonds. The van der Waals surface area contributed by atoms with Gasteiger partial charge in [-0.15, -0.1) is 0 Å². The number of piperazine rings is 1. The summed E-state index contributed by atoms with van der Waals surface area (Å²) in [6, 6.07) is 1.64. The summed E-state index contributed by atoms with van der Waals surface area (Å²) in [4.78, 5) is 2.65. The Hall–Kier alpha value is -0.0800. The van der Waals surface area contributed by atoms with Gasteiger partial charge in [0, 0.05) is 31.7 Å². The first-order chi connectivity index (χ1) is 5.54. The lowest BCUT2D eigenvalue weighted by Crippen LogP contribution is -2.46. The Labute approximate surface area is 75.3 Å². The molecule has 2 heterocycles. The highest BCUT2D eigenvalue weighted by Crippen LogP contribution is 2.27. The van der Waals surface area contributed by atoms with Crippen LogP contribution in [0.2, 0.25) is 0 Å². The van der Waals surface area contributed by atoms with E-state index in [1.807, 2.05) is 0 Å². The number of fused-ring (bicyclic) bond motifs is 2. The van der Waals surface area contributed by atoms with Crippen LogP contribution in [0.25, 0.3) is 0 Å². The average molecular weight is 168 g/mol. The van der Waals surface area contributed by atoms with Crippen molar-refractivity contribution < 1.29 is 0 Å². The molecule has 2 bridgehead atoms. The number of rotatable bonds is 1. The van der Waals surface area contributed by atoms with Crippen LogP contribution in [0.5, 0.6) is 0 Å². The Bertz CT molecular complexity index is 171. The average Bonchev–Trinajstić information content (AvgIpc) is 2.42. The maximum atomic E-state index is 3.53. The summed E-state index contributed by atoms with van der Waals surface area (Å²) in [5, 5.41) is 3.53. The van der Waals surface area contributed by atoms with Gasteiger partial charge in [0.25, 0.3) is 0 Å². The molecule has 2 atom stereocenters. The van der Waals surface area contributed by atoms with E-state index in [4.69, 9.17) is 0 Å². The number of hydrogen-bond acceptors (Lipinski definition) is 2. The number of nitrogens with zero attached hydrogens (tertiary/aromatic N) is 1. The summed E-state index contributed by atoms with van der Waals surface area (Å²) in [6.07, 6.45) is 1.38. The topological polar surface area (TPSA) is 15.3 Å². The van der Waals surface area contributed by atoms with Crippen LogP contribution in [-0.2, 0) is 0 Å². The fourth-order valence-electron chi connectivity index (χ4n) is 2.45. The molecule has 1 N–H and O–H groups in total. The Morgan fingerprint density at radius 3 is 2.58 bits per heavy atom. The van der Waals surface area contributed by atoms with E-state index in [9.17, 15) is 0 Å². The highest BCUT2D eigenvalue weighted by molar-refractivity contribution is 4.98. The molecule has 0 aromatic heterocycles. The predicted octanol–water partition coefficient (Wildman–Crippen LogP) is 1.08. The van der Waals surface area contributed by atoms with Crippen LogP contribution < -0.4 is 5.32 Å². The summed E-state index contributed by atoms with van der Waals surface area (Å²) < 4.78 is 0. The molecule has 2 saturated heterocycles.